The minimum Gasteiger partial charge on any atom is -0.385 e. The van der Waals surface area contributed by atoms with Gasteiger partial charge < -0.3 is 4.74 Å². The molecule has 0 atom stereocenters. The average Bonchev–Trinajstić information content (AvgIpc) is 2.48. The van der Waals surface area contributed by atoms with Gasteiger partial charge in [0.1, 0.15) is 5.82 Å². The number of methoxy groups -OCH3 is 1. The van der Waals surface area contributed by atoms with Crippen molar-refractivity contribution in [3.05, 3.63) is 35.6 Å². The summed E-state index contributed by atoms with van der Waals surface area (Å²) in [6, 6.07) is 11.5. The van der Waals surface area contributed by atoms with Gasteiger partial charge in [-0.25, -0.2) is 4.39 Å². The molecule has 1 aliphatic rings. The molecule has 1 aromatic carbocycles. The molecule has 1 aliphatic heterocycles. The molecule has 20 heavy (non-hydrogen) atoms. The summed E-state index contributed by atoms with van der Waals surface area (Å²) in [6.45, 7) is 0.942. The van der Waals surface area contributed by atoms with Crippen molar-refractivity contribution in [1.29, 1.82) is 0 Å². The number of rotatable bonds is 7. The van der Waals surface area contributed by atoms with Crippen molar-refractivity contribution < 1.29 is 9.13 Å². The van der Waals surface area contributed by atoms with Crippen molar-refractivity contribution >= 4 is 8.80 Å². The fourth-order valence-corrected chi connectivity index (χ4v) is 6.84. The highest BCUT2D eigenvalue weighted by atomic mass is 28.3. The zero-order chi connectivity index (χ0) is 14.2. The molecule has 0 bridgehead atoms. The van der Waals surface area contributed by atoms with E-state index >= 15 is 0 Å². The highest BCUT2D eigenvalue weighted by Crippen LogP contribution is 2.30. The lowest BCUT2D eigenvalue weighted by molar-refractivity contribution is 0.199. The van der Waals surface area contributed by atoms with Crippen LogP contribution in [-0.2, 0) is 11.2 Å². The Bertz CT molecular complexity index is 371. The minimum atomic E-state index is -0.431. The third-order valence-electron chi connectivity index (χ3n) is 4.68. The van der Waals surface area contributed by atoms with Crippen LogP contribution in [0.3, 0.4) is 0 Å². The first kappa shape index (κ1) is 15.7. The molecule has 1 nitrogen and oxygen atoms in total. The summed E-state index contributed by atoms with van der Waals surface area (Å²) in [7, 11) is 1.37. The van der Waals surface area contributed by atoms with E-state index in [0.717, 1.165) is 18.9 Å². The predicted molar refractivity (Wildman–Crippen MR) is 85.5 cm³/mol. The fourth-order valence-electron chi connectivity index (χ4n) is 3.35. The first-order valence-electron chi connectivity index (χ1n) is 8.01. The number of halogens is 1. The third kappa shape index (κ3) is 5.37. The lowest BCUT2D eigenvalue weighted by atomic mass is 9.94. The Morgan fingerprint density at radius 1 is 1.20 bits per heavy atom. The molecular formula is C17H27FOSi. The van der Waals surface area contributed by atoms with Crippen LogP contribution in [0.4, 0.5) is 4.39 Å². The van der Waals surface area contributed by atoms with E-state index in [1.165, 1.54) is 49.4 Å². The van der Waals surface area contributed by atoms with Gasteiger partial charge in [0, 0.05) is 22.5 Å². The van der Waals surface area contributed by atoms with Crippen molar-refractivity contribution in [2.45, 2.75) is 50.2 Å². The molecule has 2 rings (SSSR count). The number of benzene rings is 1. The van der Waals surface area contributed by atoms with Gasteiger partial charge in [0.05, 0.1) is 0 Å². The third-order valence-corrected chi connectivity index (χ3v) is 8.21. The van der Waals surface area contributed by atoms with Crippen LogP contribution in [0.5, 0.6) is 0 Å². The molecule has 1 fully saturated rings. The van der Waals surface area contributed by atoms with Crippen LogP contribution in [0.25, 0.3) is 0 Å². The van der Waals surface area contributed by atoms with Crippen molar-refractivity contribution in [2.75, 3.05) is 13.7 Å². The molecule has 0 N–H and O–H groups in total. The second-order valence-electron chi connectivity index (χ2n) is 6.19. The Hall–Kier alpha value is -0.673. The molecule has 1 heterocycles. The largest absolute Gasteiger partial charge is 0.385 e. The second kappa shape index (κ2) is 8.58. The van der Waals surface area contributed by atoms with E-state index in [9.17, 15) is 4.39 Å². The molecular weight excluding hydrogens is 267 g/mol. The van der Waals surface area contributed by atoms with Crippen LogP contribution < -0.4 is 0 Å². The Balaban J connectivity index is 1.63. The Labute approximate surface area is 124 Å². The van der Waals surface area contributed by atoms with E-state index in [1.807, 2.05) is 12.1 Å². The first-order chi connectivity index (χ1) is 9.78. The lowest BCUT2D eigenvalue weighted by Crippen LogP contribution is -2.22. The zero-order valence-corrected chi connectivity index (χ0v) is 13.8. The van der Waals surface area contributed by atoms with Crippen LogP contribution in [0.2, 0.25) is 18.1 Å². The summed E-state index contributed by atoms with van der Waals surface area (Å²) >= 11 is 0. The van der Waals surface area contributed by atoms with Gasteiger partial charge in [0.15, 0.2) is 0 Å². The number of hydrogen-bond donors (Lipinski definition) is 0. The van der Waals surface area contributed by atoms with Crippen molar-refractivity contribution in [2.24, 2.45) is 5.92 Å². The van der Waals surface area contributed by atoms with Gasteiger partial charge in [-0.1, -0.05) is 43.1 Å². The summed E-state index contributed by atoms with van der Waals surface area (Å²) in [5.74, 6) is 0.780. The van der Waals surface area contributed by atoms with E-state index in [4.69, 9.17) is 4.74 Å². The van der Waals surface area contributed by atoms with Gasteiger partial charge >= 0.3 is 0 Å². The molecule has 0 aliphatic carbocycles. The van der Waals surface area contributed by atoms with Crippen LogP contribution in [0, 0.1) is 11.7 Å². The van der Waals surface area contributed by atoms with Gasteiger partial charge in [-0.2, -0.15) is 0 Å². The van der Waals surface area contributed by atoms with Gasteiger partial charge in [0.2, 0.25) is 0 Å². The van der Waals surface area contributed by atoms with Gasteiger partial charge in [0.25, 0.3) is 0 Å². The van der Waals surface area contributed by atoms with E-state index in [-0.39, 0.29) is 5.82 Å². The number of ether oxygens (including phenoxy) is 1. The Morgan fingerprint density at radius 3 is 2.55 bits per heavy atom. The minimum absolute atomic E-state index is 0.128. The second-order valence-corrected chi connectivity index (χ2v) is 9.65. The van der Waals surface area contributed by atoms with Crippen LogP contribution in [-0.4, -0.2) is 22.5 Å². The molecule has 1 saturated heterocycles. The van der Waals surface area contributed by atoms with Crippen molar-refractivity contribution in [3.8, 4) is 0 Å². The van der Waals surface area contributed by atoms with Gasteiger partial charge in [-0.3, -0.25) is 0 Å². The first-order valence-corrected chi connectivity index (χ1v) is 10.5. The molecule has 0 unspecified atom stereocenters. The standard InChI is InChI=1S/C17H27FOSi/c1-19-11-2-12-20-13-9-16(10-14-20)4-3-15-5-7-17(18)8-6-15/h5-8,16,20H,2-4,9-14H2,1H3/t16-,20-. The summed E-state index contributed by atoms with van der Waals surface area (Å²) in [5, 5.41) is 0. The molecule has 0 aromatic heterocycles. The van der Waals surface area contributed by atoms with E-state index in [0.29, 0.717) is 0 Å². The van der Waals surface area contributed by atoms with Crippen LogP contribution >= 0.6 is 0 Å². The highest BCUT2D eigenvalue weighted by Gasteiger charge is 2.21. The molecule has 1 aromatic rings. The average molecular weight is 294 g/mol. The predicted octanol–water partition coefficient (Wildman–Crippen LogP) is 4.43. The van der Waals surface area contributed by atoms with Crippen molar-refractivity contribution in [1.82, 2.24) is 0 Å². The zero-order valence-electron chi connectivity index (χ0n) is 12.6. The number of aryl methyl sites for hydroxylation is 1. The maximum absolute atomic E-state index is 12.8. The Kier molecular flexibility index (Phi) is 6.74. The quantitative estimate of drug-likeness (QED) is 0.534. The summed E-state index contributed by atoms with van der Waals surface area (Å²) in [6.07, 6.45) is 6.54. The molecule has 0 radical (unpaired) electrons. The molecule has 112 valence electrons. The summed E-state index contributed by atoms with van der Waals surface area (Å²) in [5.41, 5.74) is 1.28. The normalized spacial score (nSPS) is 22.9. The monoisotopic (exact) mass is 294 g/mol. The van der Waals surface area contributed by atoms with E-state index < -0.39 is 8.80 Å². The topological polar surface area (TPSA) is 9.23 Å². The van der Waals surface area contributed by atoms with Crippen molar-refractivity contribution in [3.63, 3.8) is 0 Å². The maximum atomic E-state index is 12.8. The summed E-state index contributed by atoms with van der Waals surface area (Å²) in [4.78, 5) is 0. The fraction of sp³-hybridized carbons (Fsp3) is 0.647. The molecule has 3 heteroatoms. The lowest BCUT2D eigenvalue weighted by Gasteiger charge is -2.27. The highest BCUT2D eigenvalue weighted by molar-refractivity contribution is 6.58. The van der Waals surface area contributed by atoms with E-state index in [1.54, 1.807) is 19.2 Å². The molecule has 0 saturated carbocycles. The maximum Gasteiger partial charge on any atom is 0.123 e. The SMILES string of the molecule is COCCC[Si@H]1CC[C@H](CCc2ccc(F)cc2)CC1. The molecule has 0 amide bonds. The van der Waals surface area contributed by atoms with Crippen LogP contribution in [0.1, 0.15) is 31.2 Å². The Morgan fingerprint density at radius 2 is 1.90 bits per heavy atom. The van der Waals surface area contributed by atoms with Gasteiger partial charge in [-0.05, 0) is 42.9 Å². The van der Waals surface area contributed by atoms with Crippen LogP contribution in [0.15, 0.2) is 24.3 Å². The smallest absolute Gasteiger partial charge is 0.123 e. The summed E-state index contributed by atoms with van der Waals surface area (Å²) < 4.78 is 18.0. The molecule has 0 spiro atoms. The van der Waals surface area contributed by atoms with E-state index in [2.05, 4.69) is 0 Å². The number of hydrogen-bond acceptors (Lipinski definition) is 1. The van der Waals surface area contributed by atoms with Gasteiger partial charge in [-0.15, -0.1) is 0 Å².